The van der Waals surface area contributed by atoms with E-state index >= 15 is 0 Å². The van der Waals surface area contributed by atoms with Crippen LogP contribution in [-0.4, -0.2) is 21.8 Å². The Bertz CT molecular complexity index is 1100. The first-order valence-corrected chi connectivity index (χ1v) is 11.6. The van der Waals surface area contributed by atoms with Crippen molar-refractivity contribution in [2.24, 2.45) is 11.1 Å². The second-order valence-electron chi connectivity index (χ2n) is 8.67. The van der Waals surface area contributed by atoms with E-state index in [-0.39, 0.29) is 12.5 Å². The number of ether oxygens (including phenoxy) is 1. The van der Waals surface area contributed by atoms with E-state index in [9.17, 15) is 4.79 Å². The second kappa shape index (κ2) is 10.9. The molecule has 6 nitrogen and oxygen atoms in total. The summed E-state index contributed by atoms with van der Waals surface area (Å²) in [4.78, 5) is 21.5. The van der Waals surface area contributed by atoms with Crippen molar-refractivity contribution in [3.8, 4) is 5.75 Å². The maximum atomic E-state index is 10.9. The van der Waals surface area contributed by atoms with Crippen LogP contribution in [0.1, 0.15) is 62.8 Å². The van der Waals surface area contributed by atoms with Gasteiger partial charge in [0.15, 0.2) is 6.10 Å². The molecule has 172 valence electrons. The Morgan fingerprint density at radius 1 is 1.06 bits per heavy atom. The molecular formula is C27H30N2O4. The molecule has 1 aliphatic rings. The van der Waals surface area contributed by atoms with E-state index in [1.165, 1.54) is 19.3 Å². The summed E-state index contributed by atoms with van der Waals surface area (Å²) in [6.07, 6.45) is 5.48. The Balaban J connectivity index is 1.43. The summed E-state index contributed by atoms with van der Waals surface area (Å²) in [6, 6.07) is 20.0. The summed E-state index contributed by atoms with van der Waals surface area (Å²) < 4.78 is 5.97. The van der Waals surface area contributed by atoms with Gasteiger partial charge in [-0.25, -0.2) is 4.98 Å². The van der Waals surface area contributed by atoms with Gasteiger partial charge < -0.3 is 14.7 Å². The van der Waals surface area contributed by atoms with Gasteiger partial charge in [-0.05, 0) is 49.6 Å². The molecule has 2 aromatic carbocycles. The number of fused-ring (bicyclic) bond motifs is 1. The molecular weight excluding hydrogens is 416 g/mol. The molecule has 1 aliphatic carbocycles. The second-order valence-corrected chi connectivity index (χ2v) is 8.67. The molecule has 0 bridgehead atoms. The highest BCUT2D eigenvalue weighted by Gasteiger charge is 2.27. The van der Waals surface area contributed by atoms with E-state index in [1.807, 2.05) is 54.6 Å². The van der Waals surface area contributed by atoms with Crippen molar-refractivity contribution in [2.75, 3.05) is 0 Å². The van der Waals surface area contributed by atoms with Crippen LogP contribution in [0.3, 0.4) is 0 Å². The van der Waals surface area contributed by atoms with Crippen molar-refractivity contribution >= 4 is 22.6 Å². The molecule has 33 heavy (non-hydrogen) atoms. The van der Waals surface area contributed by atoms with Gasteiger partial charge in [-0.3, -0.25) is 4.79 Å². The van der Waals surface area contributed by atoms with Crippen molar-refractivity contribution in [1.29, 1.82) is 0 Å². The summed E-state index contributed by atoms with van der Waals surface area (Å²) in [5, 5.41) is 14.2. The summed E-state index contributed by atoms with van der Waals surface area (Å²) in [7, 11) is 0. The van der Waals surface area contributed by atoms with Gasteiger partial charge in [0.05, 0.1) is 23.3 Å². The van der Waals surface area contributed by atoms with E-state index in [0.29, 0.717) is 18.2 Å². The van der Waals surface area contributed by atoms with Gasteiger partial charge in [0.2, 0.25) is 0 Å². The third-order valence-electron chi connectivity index (χ3n) is 6.06. The molecule has 1 saturated carbocycles. The predicted octanol–water partition coefficient (Wildman–Crippen LogP) is 6.30. The van der Waals surface area contributed by atoms with Crippen molar-refractivity contribution in [3.63, 3.8) is 0 Å². The summed E-state index contributed by atoms with van der Waals surface area (Å²) >= 11 is 0. The Morgan fingerprint density at radius 2 is 1.82 bits per heavy atom. The molecule has 0 amide bonds. The van der Waals surface area contributed by atoms with E-state index in [2.05, 4.69) is 16.2 Å². The molecule has 4 rings (SSSR count). The van der Waals surface area contributed by atoms with E-state index in [1.54, 1.807) is 6.92 Å². The number of rotatable bonds is 9. The van der Waals surface area contributed by atoms with Crippen LogP contribution >= 0.6 is 0 Å². The Hall–Kier alpha value is -3.41. The highest BCUT2D eigenvalue weighted by atomic mass is 16.6. The van der Waals surface area contributed by atoms with Crippen LogP contribution in [0.5, 0.6) is 5.75 Å². The molecule has 6 heteroatoms. The lowest BCUT2D eigenvalue weighted by Gasteiger charge is -2.29. The number of benzene rings is 2. The molecule has 1 N–H and O–H groups in total. The third-order valence-corrected chi connectivity index (χ3v) is 6.06. The van der Waals surface area contributed by atoms with Gasteiger partial charge in [-0.2, -0.15) is 0 Å². The zero-order chi connectivity index (χ0) is 23.0. The molecule has 0 spiro atoms. The zero-order valence-electron chi connectivity index (χ0n) is 18.9. The lowest BCUT2D eigenvalue weighted by Crippen LogP contribution is -2.18. The number of hydrogen-bond donors (Lipinski definition) is 1. The number of aliphatic carboxylic acids is 1. The number of pyridine rings is 1. The minimum atomic E-state index is -0.906. The van der Waals surface area contributed by atoms with Gasteiger partial charge in [0, 0.05) is 11.3 Å². The number of carboxylic acid groups (broad SMARTS) is 1. The van der Waals surface area contributed by atoms with Crippen LogP contribution in [0.2, 0.25) is 0 Å². The molecule has 1 atom stereocenters. The first-order chi connectivity index (χ1) is 16.1. The lowest BCUT2D eigenvalue weighted by molar-refractivity contribution is -0.135. The van der Waals surface area contributed by atoms with Crippen LogP contribution in [0.4, 0.5) is 0 Å². The quantitative estimate of drug-likeness (QED) is 0.308. The number of aromatic nitrogens is 1. The molecule has 1 unspecified atom stereocenters. The normalized spacial score (nSPS) is 15.8. The minimum absolute atomic E-state index is 0.118. The molecule has 3 aromatic rings. The Morgan fingerprint density at radius 3 is 2.58 bits per heavy atom. The molecule has 1 fully saturated rings. The van der Waals surface area contributed by atoms with Crippen LogP contribution in [0.15, 0.2) is 65.8 Å². The molecule has 0 aliphatic heterocycles. The number of carbonyl (C=O) groups is 1. The summed E-state index contributed by atoms with van der Waals surface area (Å²) in [5.41, 5.74) is 3.33. The third kappa shape index (κ3) is 6.31. The maximum Gasteiger partial charge on any atom is 0.309 e. The van der Waals surface area contributed by atoms with Crippen molar-refractivity contribution < 1.29 is 19.5 Å². The fourth-order valence-corrected chi connectivity index (χ4v) is 4.35. The van der Waals surface area contributed by atoms with Crippen molar-refractivity contribution in [3.05, 3.63) is 71.9 Å². The number of oxime groups is 1. The number of hydrogen-bond acceptors (Lipinski definition) is 5. The molecule has 0 saturated heterocycles. The van der Waals surface area contributed by atoms with Gasteiger partial charge in [0.25, 0.3) is 0 Å². The first-order valence-electron chi connectivity index (χ1n) is 11.6. The van der Waals surface area contributed by atoms with Crippen LogP contribution in [0, 0.1) is 5.92 Å². The molecule has 0 radical (unpaired) electrons. The van der Waals surface area contributed by atoms with Gasteiger partial charge in [-0.1, -0.05) is 60.8 Å². The highest BCUT2D eigenvalue weighted by molar-refractivity contribution is 5.96. The van der Waals surface area contributed by atoms with E-state index in [4.69, 9.17) is 14.7 Å². The smallest absolute Gasteiger partial charge is 0.309 e. The predicted molar refractivity (Wildman–Crippen MR) is 128 cm³/mol. The Kier molecular flexibility index (Phi) is 7.55. The van der Waals surface area contributed by atoms with Gasteiger partial charge >= 0.3 is 5.97 Å². The van der Waals surface area contributed by atoms with Crippen molar-refractivity contribution in [2.45, 2.75) is 58.2 Å². The standard InChI is InChI=1S/C27H30N2O4/c1-19(17-26(30)31)29-33-27(21-8-3-2-4-9-21)22-12-15-24(16-13-22)32-18-23-14-11-20-7-5-6-10-25(20)28-23/h5-7,10-16,21,27H,2-4,8-9,17-18H2,1H3,(H,30,31)/b29-19+. The largest absolute Gasteiger partial charge is 0.487 e. The van der Waals surface area contributed by atoms with Crippen LogP contribution in [0.25, 0.3) is 10.9 Å². The monoisotopic (exact) mass is 446 g/mol. The number of carboxylic acids is 1. The minimum Gasteiger partial charge on any atom is -0.487 e. The SMILES string of the molecule is C/C(CC(=O)O)=N\OC(c1ccc(OCc2ccc3ccccc3n2)cc1)C1CCCCC1. The highest BCUT2D eigenvalue weighted by Crippen LogP contribution is 2.37. The topological polar surface area (TPSA) is 81.0 Å². The fraction of sp³-hybridized carbons (Fsp3) is 0.370. The fourth-order valence-electron chi connectivity index (χ4n) is 4.35. The lowest BCUT2D eigenvalue weighted by atomic mass is 9.83. The summed E-state index contributed by atoms with van der Waals surface area (Å²) in [6.45, 7) is 2.08. The van der Waals surface area contributed by atoms with Crippen LogP contribution < -0.4 is 4.74 Å². The molecule has 1 aromatic heterocycles. The molecule has 1 heterocycles. The zero-order valence-corrected chi connectivity index (χ0v) is 18.9. The van der Waals surface area contributed by atoms with Crippen molar-refractivity contribution in [1.82, 2.24) is 4.98 Å². The first kappa shape index (κ1) is 22.8. The van der Waals surface area contributed by atoms with Gasteiger partial charge in [0.1, 0.15) is 12.4 Å². The average molecular weight is 447 g/mol. The van der Waals surface area contributed by atoms with E-state index < -0.39 is 5.97 Å². The van der Waals surface area contributed by atoms with Crippen LogP contribution in [-0.2, 0) is 16.2 Å². The summed E-state index contributed by atoms with van der Waals surface area (Å²) in [5.74, 6) is 0.229. The Labute approximate surface area is 194 Å². The average Bonchev–Trinajstić information content (AvgIpc) is 2.84. The van der Waals surface area contributed by atoms with Gasteiger partial charge in [-0.15, -0.1) is 0 Å². The van der Waals surface area contributed by atoms with E-state index in [0.717, 1.165) is 40.8 Å². The number of para-hydroxylation sites is 1. The number of nitrogens with zero attached hydrogens (tertiary/aromatic N) is 2. The maximum absolute atomic E-state index is 10.9.